The van der Waals surface area contributed by atoms with Gasteiger partial charge >= 0.3 is 5.69 Å². The summed E-state index contributed by atoms with van der Waals surface area (Å²) in [5, 5.41) is 12.0. The number of fused-ring (bicyclic) bond motifs is 1. The number of nitro groups is 1. The molecule has 18 heavy (non-hydrogen) atoms. The smallest absolute Gasteiger partial charge is 0.302 e. The zero-order valence-electron chi connectivity index (χ0n) is 10.2. The Morgan fingerprint density at radius 1 is 1.33 bits per heavy atom. The van der Waals surface area contributed by atoms with Gasteiger partial charge in [-0.05, 0) is 24.4 Å². The molecule has 2 aromatic rings. The second-order valence-corrected chi connectivity index (χ2v) is 4.11. The van der Waals surface area contributed by atoms with Gasteiger partial charge in [0.15, 0.2) is 0 Å². The van der Waals surface area contributed by atoms with Crippen molar-refractivity contribution in [1.29, 1.82) is 0 Å². The first-order valence-corrected chi connectivity index (χ1v) is 5.46. The van der Waals surface area contributed by atoms with Crippen molar-refractivity contribution in [2.24, 2.45) is 0 Å². The number of nitro benzene ring substituents is 1. The van der Waals surface area contributed by atoms with Gasteiger partial charge in [0.05, 0.1) is 10.5 Å². The second kappa shape index (κ2) is 4.83. The summed E-state index contributed by atoms with van der Waals surface area (Å²) in [6.07, 6.45) is 5.05. The molecule has 0 atom stereocenters. The normalized spacial score (nSPS) is 11.0. The number of aromatic nitrogens is 1. The third-order valence-corrected chi connectivity index (χ3v) is 2.51. The molecule has 92 valence electrons. The van der Waals surface area contributed by atoms with E-state index < -0.39 is 0 Å². The van der Waals surface area contributed by atoms with Crippen LogP contribution in [-0.4, -0.2) is 28.9 Å². The summed E-state index contributed by atoms with van der Waals surface area (Å²) >= 11 is 0. The Morgan fingerprint density at radius 3 is 2.78 bits per heavy atom. The number of rotatable bonds is 3. The van der Waals surface area contributed by atoms with E-state index in [1.807, 2.05) is 31.1 Å². The lowest BCUT2D eigenvalue weighted by atomic mass is 10.1. The van der Waals surface area contributed by atoms with E-state index in [2.05, 4.69) is 4.98 Å². The molecule has 0 fully saturated rings. The maximum Gasteiger partial charge on any atom is 0.302 e. The van der Waals surface area contributed by atoms with E-state index in [4.69, 9.17) is 0 Å². The fourth-order valence-corrected chi connectivity index (χ4v) is 1.70. The largest absolute Gasteiger partial charge is 0.383 e. The number of hydrogen-bond donors (Lipinski definition) is 0. The average molecular weight is 243 g/mol. The van der Waals surface area contributed by atoms with Crippen LogP contribution in [0.15, 0.2) is 36.7 Å². The Hall–Kier alpha value is -2.43. The highest BCUT2D eigenvalue weighted by atomic mass is 16.6. The Kier molecular flexibility index (Phi) is 3.23. The van der Waals surface area contributed by atoms with Crippen LogP contribution in [-0.2, 0) is 0 Å². The van der Waals surface area contributed by atoms with Gasteiger partial charge in [0.2, 0.25) is 0 Å². The third kappa shape index (κ3) is 2.29. The van der Waals surface area contributed by atoms with Gasteiger partial charge in [-0.2, -0.15) is 0 Å². The fraction of sp³-hybridized carbons (Fsp3) is 0.154. The topological polar surface area (TPSA) is 59.3 Å². The van der Waals surface area contributed by atoms with Gasteiger partial charge in [0.1, 0.15) is 5.52 Å². The molecular formula is C13H13N3O2. The SMILES string of the molecule is CN(C)C=Cc1ccc2cccnc2c1[N+](=O)[O-]. The van der Waals surface area contributed by atoms with Crippen LogP contribution in [0.3, 0.4) is 0 Å². The molecule has 2 rings (SSSR count). The van der Waals surface area contributed by atoms with Crippen molar-refractivity contribution in [3.05, 3.63) is 52.3 Å². The number of hydrogen-bond acceptors (Lipinski definition) is 4. The molecule has 0 radical (unpaired) electrons. The van der Waals surface area contributed by atoms with Crippen molar-refractivity contribution in [1.82, 2.24) is 9.88 Å². The number of nitrogens with zero attached hydrogens (tertiary/aromatic N) is 3. The van der Waals surface area contributed by atoms with Gasteiger partial charge in [-0.3, -0.25) is 10.1 Å². The number of benzene rings is 1. The van der Waals surface area contributed by atoms with Crippen LogP contribution in [0, 0.1) is 10.1 Å². The Balaban J connectivity index is 2.67. The average Bonchev–Trinajstić information content (AvgIpc) is 2.35. The van der Waals surface area contributed by atoms with Crippen molar-refractivity contribution in [2.75, 3.05) is 14.1 Å². The van der Waals surface area contributed by atoms with E-state index in [1.54, 1.807) is 30.6 Å². The lowest BCUT2D eigenvalue weighted by molar-refractivity contribution is -0.383. The van der Waals surface area contributed by atoms with E-state index in [0.717, 1.165) is 5.39 Å². The predicted octanol–water partition coefficient (Wildman–Crippen LogP) is 2.68. The zero-order valence-corrected chi connectivity index (χ0v) is 10.2. The third-order valence-electron chi connectivity index (χ3n) is 2.51. The first-order valence-electron chi connectivity index (χ1n) is 5.46. The summed E-state index contributed by atoms with van der Waals surface area (Å²) < 4.78 is 0. The van der Waals surface area contributed by atoms with Crippen LogP contribution < -0.4 is 0 Å². The fourth-order valence-electron chi connectivity index (χ4n) is 1.70. The van der Waals surface area contributed by atoms with Crippen molar-refractivity contribution in [2.45, 2.75) is 0 Å². The van der Waals surface area contributed by atoms with Crippen LogP contribution in [0.25, 0.3) is 17.0 Å². The molecule has 0 aliphatic carbocycles. The maximum atomic E-state index is 11.2. The lowest BCUT2D eigenvalue weighted by Gasteiger charge is -2.05. The summed E-state index contributed by atoms with van der Waals surface area (Å²) in [4.78, 5) is 16.7. The van der Waals surface area contributed by atoms with Crippen LogP contribution in [0.4, 0.5) is 5.69 Å². The first-order chi connectivity index (χ1) is 8.59. The highest BCUT2D eigenvalue weighted by Gasteiger charge is 2.17. The minimum absolute atomic E-state index is 0.0474. The molecule has 5 nitrogen and oxygen atoms in total. The lowest BCUT2D eigenvalue weighted by Crippen LogP contribution is -2.00. The molecule has 1 heterocycles. The first kappa shape index (κ1) is 12.0. The number of pyridine rings is 1. The maximum absolute atomic E-state index is 11.2. The van der Waals surface area contributed by atoms with E-state index in [0.29, 0.717) is 11.1 Å². The second-order valence-electron chi connectivity index (χ2n) is 4.11. The molecule has 0 aliphatic heterocycles. The minimum atomic E-state index is -0.384. The highest BCUT2D eigenvalue weighted by molar-refractivity contribution is 5.91. The summed E-state index contributed by atoms with van der Waals surface area (Å²) in [5.74, 6) is 0. The van der Waals surface area contributed by atoms with Gasteiger partial charge in [-0.1, -0.05) is 12.1 Å². The van der Waals surface area contributed by atoms with E-state index in [9.17, 15) is 10.1 Å². The van der Waals surface area contributed by atoms with Crippen LogP contribution in [0.5, 0.6) is 0 Å². The Morgan fingerprint density at radius 2 is 2.11 bits per heavy atom. The van der Waals surface area contributed by atoms with Gasteiger partial charge < -0.3 is 4.90 Å². The molecular weight excluding hydrogens is 230 g/mol. The van der Waals surface area contributed by atoms with Gasteiger partial charge in [-0.15, -0.1) is 0 Å². The molecule has 1 aromatic carbocycles. The molecule has 0 saturated carbocycles. The Labute approximate surface area is 105 Å². The molecule has 0 unspecified atom stereocenters. The van der Waals surface area contributed by atoms with Crippen LogP contribution >= 0.6 is 0 Å². The molecule has 5 heteroatoms. The summed E-state index contributed by atoms with van der Waals surface area (Å²) in [6.45, 7) is 0. The van der Waals surface area contributed by atoms with E-state index in [-0.39, 0.29) is 10.6 Å². The molecule has 0 saturated heterocycles. The Bertz CT molecular complexity index is 621. The summed E-state index contributed by atoms with van der Waals surface area (Å²) in [7, 11) is 3.73. The van der Waals surface area contributed by atoms with Crippen molar-refractivity contribution in [3.63, 3.8) is 0 Å². The summed E-state index contributed by atoms with van der Waals surface area (Å²) in [6, 6.07) is 7.16. The van der Waals surface area contributed by atoms with Crippen molar-refractivity contribution in [3.8, 4) is 0 Å². The molecule has 0 aliphatic rings. The predicted molar refractivity (Wildman–Crippen MR) is 71.1 cm³/mol. The van der Waals surface area contributed by atoms with Crippen LogP contribution in [0.1, 0.15) is 5.56 Å². The molecule has 0 spiro atoms. The molecule has 1 aromatic heterocycles. The highest BCUT2D eigenvalue weighted by Crippen LogP contribution is 2.28. The van der Waals surface area contributed by atoms with Gasteiger partial charge in [0, 0.05) is 25.7 Å². The van der Waals surface area contributed by atoms with Crippen molar-refractivity contribution < 1.29 is 4.92 Å². The minimum Gasteiger partial charge on any atom is -0.383 e. The van der Waals surface area contributed by atoms with Gasteiger partial charge in [0.25, 0.3) is 0 Å². The van der Waals surface area contributed by atoms with Crippen molar-refractivity contribution >= 4 is 22.7 Å². The molecule has 0 N–H and O–H groups in total. The standard InChI is InChI=1S/C13H13N3O2/c1-15(2)9-7-11-6-5-10-4-3-8-14-12(10)13(11)16(17)18/h3-9H,1-2H3. The summed E-state index contributed by atoms with van der Waals surface area (Å²) in [5.41, 5.74) is 1.02. The molecule has 0 amide bonds. The van der Waals surface area contributed by atoms with E-state index in [1.165, 1.54) is 0 Å². The quantitative estimate of drug-likeness (QED) is 0.614. The monoisotopic (exact) mass is 243 g/mol. The molecule has 0 bridgehead atoms. The zero-order chi connectivity index (χ0) is 13.1. The van der Waals surface area contributed by atoms with Gasteiger partial charge in [-0.25, -0.2) is 4.98 Å². The van der Waals surface area contributed by atoms with Crippen LogP contribution in [0.2, 0.25) is 0 Å². The van der Waals surface area contributed by atoms with E-state index >= 15 is 0 Å².